The molecule has 0 aromatic heterocycles. The van der Waals surface area contributed by atoms with Gasteiger partial charge in [-0.15, -0.1) is 0 Å². The molecule has 2 rings (SSSR count). The Morgan fingerprint density at radius 3 is 2.34 bits per heavy atom. The first-order valence-electron chi connectivity index (χ1n) is 8.63. The molecule has 0 aliphatic carbocycles. The minimum absolute atomic E-state index is 0.0296. The lowest BCUT2D eigenvalue weighted by Crippen LogP contribution is -2.28. The number of methoxy groups -OCH3 is 1. The third kappa shape index (κ3) is 6.45. The predicted octanol–water partition coefficient (Wildman–Crippen LogP) is 2.92. The fourth-order valence-electron chi connectivity index (χ4n) is 2.45. The second-order valence-corrected chi connectivity index (χ2v) is 8.38. The fourth-order valence-corrected chi connectivity index (χ4v) is 3.63. The highest BCUT2D eigenvalue weighted by Gasteiger charge is 2.15. The smallest absolute Gasteiger partial charge is 0.240 e. The summed E-state index contributed by atoms with van der Waals surface area (Å²) in [5.74, 6) is -0.222. The first-order chi connectivity index (χ1) is 13.6. The van der Waals surface area contributed by atoms with Crippen LogP contribution in [0.2, 0.25) is 5.02 Å². The van der Waals surface area contributed by atoms with Gasteiger partial charge in [0.25, 0.3) is 0 Å². The van der Waals surface area contributed by atoms with Crippen LogP contribution in [-0.4, -0.2) is 33.9 Å². The molecule has 0 aliphatic heterocycles. The molecular weight excluding hydrogens is 418 g/mol. The fraction of sp³-hybridized carbons (Fsp3) is 0.263. The maximum absolute atomic E-state index is 12.3. The Labute approximate surface area is 174 Å². The van der Waals surface area contributed by atoms with E-state index in [9.17, 15) is 18.0 Å². The number of ether oxygens (including phenoxy) is 1. The van der Waals surface area contributed by atoms with Gasteiger partial charge in [-0.2, -0.15) is 0 Å². The SMILES string of the molecule is COc1cc(Cl)c(C)cc1NC(=O)CCNS(=O)(=O)c1ccc(NC(C)=O)cc1. The Balaban J connectivity index is 1.94. The van der Waals surface area contributed by atoms with E-state index in [1.165, 1.54) is 38.3 Å². The second kappa shape index (κ2) is 9.73. The van der Waals surface area contributed by atoms with Gasteiger partial charge in [0.15, 0.2) is 0 Å². The van der Waals surface area contributed by atoms with Crippen molar-refractivity contribution in [2.45, 2.75) is 25.2 Å². The van der Waals surface area contributed by atoms with Crippen molar-refractivity contribution < 1.29 is 22.7 Å². The zero-order chi connectivity index (χ0) is 21.6. The van der Waals surface area contributed by atoms with Crippen molar-refractivity contribution in [1.82, 2.24) is 4.72 Å². The number of carbonyl (C=O) groups excluding carboxylic acids is 2. The van der Waals surface area contributed by atoms with Gasteiger partial charge in [0.1, 0.15) is 5.75 Å². The van der Waals surface area contributed by atoms with Crippen molar-refractivity contribution in [1.29, 1.82) is 0 Å². The monoisotopic (exact) mass is 439 g/mol. The summed E-state index contributed by atoms with van der Waals surface area (Å²) in [4.78, 5) is 23.2. The maximum Gasteiger partial charge on any atom is 0.240 e. The average molecular weight is 440 g/mol. The average Bonchev–Trinajstić information content (AvgIpc) is 2.64. The van der Waals surface area contributed by atoms with Crippen LogP contribution in [0.1, 0.15) is 18.9 Å². The third-order valence-corrected chi connectivity index (χ3v) is 5.77. The summed E-state index contributed by atoms with van der Waals surface area (Å²) < 4.78 is 32.2. The van der Waals surface area contributed by atoms with Crippen molar-refractivity contribution in [3.05, 3.63) is 47.0 Å². The highest BCUT2D eigenvalue weighted by atomic mass is 35.5. The van der Waals surface area contributed by atoms with Crippen molar-refractivity contribution in [2.75, 3.05) is 24.3 Å². The predicted molar refractivity (Wildman–Crippen MR) is 112 cm³/mol. The van der Waals surface area contributed by atoms with Crippen LogP contribution in [0.3, 0.4) is 0 Å². The Bertz CT molecular complexity index is 1010. The molecule has 0 saturated heterocycles. The lowest BCUT2D eigenvalue weighted by atomic mass is 10.2. The minimum Gasteiger partial charge on any atom is -0.495 e. The number of nitrogens with one attached hydrogen (secondary N) is 3. The molecule has 3 N–H and O–H groups in total. The summed E-state index contributed by atoms with van der Waals surface area (Å²) in [5.41, 5.74) is 1.71. The van der Waals surface area contributed by atoms with E-state index in [0.29, 0.717) is 22.1 Å². The molecule has 0 fully saturated rings. The van der Waals surface area contributed by atoms with E-state index in [2.05, 4.69) is 15.4 Å². The summed E-state index contributed by atoms with van der Waals surface area (Å²) in [6.45, 7) is 3.07. The van der Waals surface area contributed by atoms with E-state index in [1.54, 1.807) is 19.1 Å². The number of aryl methyl sites for hydroxylation is 1. The van der Waals surface area contributed by atoms with Crippen molar-refractivity contribution in [2.24, 2.45) is 0 Å². The molecule has 0 saturated carbocycles. The summed E-state index contributed by atoms with van der Waals surface area (Å²) in [6.07, 6.45) is -0.0754. The first-order valence-corrected chi connectivity index (χ1v) is 10.5. The van der Waals surface area contributed by atoms with E-state index in [1.807, 2.05) is 0 Å². The van der Waals surface area contributed by atoms with Gasteiger partial charge in [-0.3, -0.25) is 9.59 Å². The Hall–Kier alpha value is -2.62. The van der Waals surface area contributed by atoms with Crippen LogP contribution in [0.5, 0.6) is 5.75 Å². The number of hydrogen-bond donors (Lipinski definition) is 3. The van der Waals surface area contributed by atoms with Crippen LogP contribution < -0.4 is 20.1 Å². The molecule has 0 heterocycles. The largest absolute Gasteiger partial charge is 0.495 e. The number of amides is 2. The number of benzene rings is 2. The Morgan fingerprint density at radius 2 is 1.76 bits per heavy atom. The van der Waals surface area contributed by atoms with E-state index < -0.39 is 10.0 Å². The zero-order valence-corrected chi connectivity index (χ0v) is 17.8. The van der Waals surface area contributed by atoms with Gasteiger partial charge in [0.2, 0.25) is 21.8 Å². The quantitative estimate of drug-likeness (QED) is 0.585. The molecule has 0 atom stereocenters. The second-order valence-electron chi connectivity index (χ2n) is 6.20. The standard InChI is InChI=1S/C19H22ClN3O5S/c1-12-10-17(18(28-3)11-16(12)20)23-19(25)8-9-21-29(26,27)15-6-4-14(5-7-15)22-13(2)24/h4-7,10-11,21H,8-9H2,1-3H3,(H,22,24)(H,23,25). The van der Waals surface area contributed by atoms with Gasteiger partial charge in [-0.1, -0.05) is 11.6 Å². The number of carbonyl (C=O) groups is 2. The van der Waals surface area contributed by atoms with Gasteiger partial charge in [0.05, 0.1) is 17.7 Å². The van der Waals surface area contributed by atoms with Gasteiger partial charge >= 0.3 is 0 Å². The van der Waals surface area contributed by atoms with Crippen molar-refractivity contribution in [3.8, 4) is 5.75 Å². The molecule has 0 radical (unpaired) electrons. The molecule has 2 aromatic rings. The molecule has 29 heavy (non-hydrogen) atoms. The third-order valence-electron chi connectivity index (χ3n) is 3.88. The van der Waals surface area contributed by atoms with Crippen molar-refractivity contribution >= 4 is 44.8 Å². The van der Waals surface area contributed by atoms with Gasteiger partial charge < -0.3 is 15.4 Å². The lowest BCUT2D eigenvalue weighted by Gasteiger charge is -2.12. The van der Waals surface area contributed by atoms with Crippen LogP contribution in [0.15, 0.2) is 41.3 Å². The van der Waals surface area contributed by atoms with Gasteiger partial charge in [-0.25, -0.2) is 13.1 Å². The molecule has 0 bridgehead atoms. The molecule has 10 heteroatoms. The highest BCUT2D eigenvalue weighted by Crippen LogP contribution is 2.30. The molecule has 0 aliphatic rings. The van der Waals surface area contributed by atoms with Crippen LogP contribution in [0.4, 0.5) is 11.4 Å². The van der Waals surface area contributed by atoms with E-state index in [0.717, 1.165) is 5.56 Å². The van der Waals surface area contributed by atoms with Gasteiger partial charge in [-0.05, 0) is 42.8 Å². The summed E-state index contributed by atoms with van der Waals surface area (Å²) >= 11 is 6.04. The number of anilines is 2. The first kappa shape index (κ1) is 22.7. The zero-order valence-electron chi connectivity index (χ0n) is 16.2. The maximum atomic E-state index is 12.3. The normalized spacial score (nSPS) is 11.0. The van der Waals surface area contributed by atoms with Crippen LogP contribution in [0, 0.1) is 6.92 Å². The molecule has 156 valence electrons. The molecule has 2 aromatic carbocycles. The summed E-state index contributed by atoms with van der Waals surface area (Å²) in [7, 11) is -2.32. The number of halogens is 1. The minimum atomic E-state index is -3.78. The van der Waals surface area contributed by atoms with Crippen LogP contribution >= 0.6 is 11.6 Å². The summed E-state index contributed by atoms with van der Waals surface area (Å²) in [6, 6.07) is 8.99. The van der Waals surface area contributed by atoms with E-state index in [-0.39, 0.29) is 29.7 Å². The van der Waals surface area contributed by atoms with Crippen molar-refractivity contribution in [3.63, 3.8) is 0 Å². The number of hydrogen-bond acceptors (Lipinski definition) is 5. The molecular formula is C19H22ClN3O5S. The van der Waals surface area contributed by atoms with E-state index >= 15 is 0 Å². The topological polar surface area (TPSA) is 114 Å². The highest BCUT2D eigenvalue weighted by molar-refractivity contribution is 7.89. The Kier molecular flexibility index (Phi) is 7.60. The molecule has 0 unspecified atom stereocenters. The number of rotatable bonds is 8. The van der Waals surface area contributed by atoms with Gasteiger partial charge in [0, 0.05) is 36.7 Å². The Morgan fingerprint density at radius 1 is 1.10 bits per heavy atom. The molecule has 2 amide bonds. The van der Waals surface area contributed by atoms with Crippen LogP contribution in [0.25, 0.3) is 0 Å². The van der Waals surface area contributed by atoms with Crippen LogP contribution in [-0.2, 0) is 19.6 Å². The van der Waals surface area contributed by atoms with E-state index in [4.69, 9.17) is 16.3 Å². The number of sulfonamides is 1. The molecule has 8 nitrogen and oxygen atoms in total. The lowest BCUT2D eigenvalue weighted by molar-refractivity contribution is -0.116. The summed E-state index contributed by atoms with van der Waals surface area (Å²) in [5, 5.41) is 5.75. The molecule has 0 spiro atoms.